The summed E-state index contributed by atoms with van der Waals surface area (Å²) in [6.07, 6.45) is 12.0. The van der Waals surface area contributed by atoms with Gasteiger partial charge in [0.05, 0.1) is 6.04 Å². The molecule has 0 N–H and O–H groups in total. The first-order valence-electron chi connectivity index (χ1n) is 4.35. The van der Waals surface area contributed by atoms with E-state index in [4.69, 9.17) is 0 Å². The molecule has 2 nitrogen and oxygen atoms in total. The third-order valence-electron chi connectivity index (χ3n) is 2.21. The molecular weight excluding hydrogens is 160 g/mol. The summed E-state index contributed by atoms with van der Waals surface area (Å²) >= 11 is 0. The molecule has 2 heterocycles. The Kier molecular flexibility index (Phi) is 2.13. The van der Waals surface area contributed by atoms with Crippen molar-refractivity contribution in [2.75, 3.05) is 7.05 Å². The van der Waals surface area contributed by atoms with Crippen molar-refractivity contribution in [3.8, 4) is 0 Å². The minimum Gasteiger partial charge on any atom is -0.370 e. The first kappa shape index (κ1) is 8.05. The topological polar surface area (TPSA) is 16.1 Å². The van der Waals surface area contributed by atoms with E-state index < -0.39 is 0 Å². The van der Waals surface area contributed by atoms with Crippen molar-refractivity contribution in [2.45, 2.75) is 6.04 Å². The molecular formula is C11H12N2. The molecule has 1 aliphatic heterocycles. The predicted molar refractivity (Wildman–Crippen MR) is 53.0 cm³/mol. The summed E-state index contributed by atoms with van der Waals surface area (Å²) < 4.78 is 0. The second kappa shape index (κ2) is 3.44. The van der Waals surface area contributed by atoms with Gasteiger partial charge in [-0.15, -0.1) is 0 Å². The molecule has 2 rings (SSSR count). The number of rotatable bonds is 1. The van der Waals surface area contributed by atoms with Gasteiger partial charge in [-0.25, -0.2) is 0 Å². The van der Waals surface area contributed by atoms with Gasteiger partial charge in [0.25, 0.3) is 0 Å². The van der Waals surface area contributed by atoms with Gasteiger partial charge in [-0.05, 0) is 30.0 Å². The fourth-order valence-electron chi connectivity index (χ4n) is 1.49. The lowest BCUT2D eigenvalue weighted by Gasteiger charge is -2.26. The highest BCUT2D eigenvalue weighted by atomic mass is 15.1. The lowest BCUT2D eigenvalue weighted by molar-refractivity contribution is 0.389. The Labute approximate surface area is 78.2 Å². The molecule has 0 spiro atoms. The summed E-state index contributed by atoms with van der Waals surface area (Å²) in [5.74, 6) is 0. The Hall–Kier alpha value is -1.57. The predicted octanol–water partition coefficient (Wildman–Crippen LogP) is 2.14. The second-order valence-electron chi connectivity index (χ2n) is 3.12. The number of hydrogen-bond donors (Lipinski definition) is 0. The number of pyridine rings is 1. The molecule has 0 saturated heterocycles. The zero-order valence-corrected chi connectivity index (χ0v) is 7.59. The van der Waals surface area contributed by atoms with Gasteiger partial charge >= 0.3 is 0 Å². The van der Waals surface area contributed by atoms with Crippen molar-refractivity contribution >= 4 is 0 Å². The normalized spacial score (nSPS) is 20.7. The summed E-state index contributed by atoms with van der Waals surface area (Å²) in [5, 5.41) is 0. The van der Waals surface area contributed by atoms with Crippen LogP contribution in [0.1, 0.15) is 11.6 Å². The molecule has 0 aromatic carbocycles. The van der Waals surface area contributed by atoms with Crippen LogP contribution in [0, 0.1) is 0 Å². The van der Waals surface area contributed by atoms with Crippen LogP contribution in [0.5, 0.6) is 0 Å². The molecule has 1 aliphatic rings. The van der Waals surface area contributed by atoms with Gasteiger partial charge in [0.1, 0.15) is 0 Å². The monoisotopic (exact) mass is 172 g/mol. The van der Waals surface area contributed by atoms with E-state index in [0.717, 1.165) is 0 Å². The van der Waals surface area contributed by atoms with Gasteiger partial charge in [0.2, 0.25) is 0 Å². The molecule has 0 radical (unpaired) electrons. The summed E-state index contributed by atoms with van der Waals surface area (Å²) in [6, 6.07) is 4.45. The lowest BCUT2D eigenvalue weighted by Crippen LogP contribution is -2.18. The molecule has 1 atom stereocenters. The SMILES string of the molecule is CN1C=CC=CC1c1ccncc1. The van der Waals surface area contributed by atoms with E-state index in [9.17, 15) is 0 Å². The zero-order chi connectivity index (χ0) is 9.10. The molecule has 66 valence electrons. The van der Waals surface area contributed by atoms with Crippen molar-refractivity contribution in [2.24, 2.45) is 0 Å². The fraction of sp³-hybridized carbons (Fsp3) is 0.182. The lowest BCUT2D eigenvalue weighted by atomic mass is 10.1. The van der Waals surface area contributed by atoms with Crippen LogP contribution in [-0.4, -0.2) is 16.9 Å². The molecule has 1 aromatic rings. The smallest absolute Gasteiger partial charge is 0.0722 e. The zero-order valence-electron chi connectivity index (χ0n) is 7.59. The Morgan fingerprint density at radius 1 is 1.23 bits per heavy atom. The summed E-state index contributed by atoms with van der Waals surface area (Å²) in [5.41, 5.74) is 1.28. The minimum absolute atomic E-state index is 0.355. The van der Waals surface area contributed by atoms with Gasteiger partial charge in [0.15, 0.2) is 0 Å². The van der Waals surface area contributed by atoms with E-state index in [2.05, 4.69) is 35.3 Å². The first-order chi connectivity index (χ1) is 6.38. The number of nitrogens with zero attached hydrogens (tertiary/aromatic N) is 2. The van der Waals surface area contributed by atoms with Gasteiger partial charge in [0, 0.05) is 19.4 Å². The van der Waals surface area contributed by atoms with Gasteiger partial charge in [-0.1, -0.05) is 12.2 Å². The first-order valence-corrected chi connectivity index (χ1v) is 4.35. The number of hydrogen-bond acceptors (Lipinski definition) is 2. The number of likely N-dealkylation sites (N-methyl/N-ethyl adjacent to an activating group) is 1. The van der Waals surface area contributed by atoms with E-state index in [1.807, 2.05) is 30.6 Å². The van der Waals surface area contributed by atoms with Crippen LogP contribution in [0.25, 0.3) is 0 Å². The standard InChI is InChI=1S/C11H12N2/c1-13-9-3-2-4-11(13)10-5-7-12-8-6-10/h2-9,11H,1H3. The van der Waals surface area contributed by atoms with Crippen molar-refractivity contribution in [3.05, 3.63) is 54.5 Å². The maximum Gasteiger partial charge on any atom is 0.0722 e. The average molecular weight is 172 g/mol. The summed E-state index contributed by atoms with van der Waals surface area (Å²) in [6.45, 7) is 0. The van der Waals surface area contributed by atoms with E-state index in [-0.39, 0.29) is 0 Å². The molecule has 0 aliphatic carbocycles. The van der Waals surface area contributed by atoms with E-state index in [0.29, 0.717) is 6.04 Å². The largest absolute Gasteiger partial charge is 0.370 e. The highest BCUT2D eigenvalue weighted by molar-refractivity contribution is 5.25. The van der Waals surface area contributed by atoms with Gasteiger partial charge < -0.3 is 4.90 Å². The molecule has 1 unspecified atom stereocenters. The second-order valence-corrected chi connectivity index (χ2v) is 3.12. The molecule has 0 saturated carbocycles. The van der Waals surface area contributed by atoms with Crippen LogP contribution in [0.3, 0.4) is 0 Å². The minimum atomic E-state index is 0.355. The van der Waals surface area contributed by atoms with Crippen LogP contribution in [-0.2, 0) is 0 Å². The Bertz CT molecular complexity index is 327. The van der Waals surface area contributed by atoms with Gasteiger partial charge in [-0.3, -0.25) is 4.98 Å². The molecule has 0 bridgehead atoms. The number of allylic oxidation sites excluding steroid dienone is 2. The van der Waals surface area contributed by atoms with Crippen LogP contribution in [0.2, 0.25) is 0 Å². The molecule has 0 amide bonds. The molecule has 1 aromatic heterocycles. The highest BCUT2D eigenvalue weighted by Gasteiger charge is 2.11. The van der Waals surface area contributed by atoms with E-state index in [1.165, 1.54) is 5.56 Å². The fourth-order valence-corrected chi connectivity index (χ4v) is 1.49. The van der Waals surface area contributed by atoms with Crippen LogP contribution in [0.4, 0.5) is 0 Å². The molecule has 13 heavy (non-hydrogen) atoms. The molecule has 0 fully saturated rings. The third kappa shape index (κ3) is 1.61. The van der Waals surface area contributed by atoms with Crippen molar-refractivity contribution in [1.29, 1.82) is 0 Å². The molecule has 2 heteroatoms. The maximum absolute atomic E-state index is 4.00. The maximum atomic E-state index is 4.00. The van der Waals surface area contributed by atoms with Crippen LogP contribution in [0.15, 0.2) is 49.0 Å². The number of aromatic nitrogens is 1. The van der Waals surface area contributed by atoms with E-state index >= 15 is 0 Å². The Balaban J connectivity index is 2.27. The van der Waals surface area contributed by atoms with Crippen LogP contribution < -0.4 is 0 Å². The van der Waals surface area contributed by atoms with Gasteiger partial charge in [-0.2, -0.15) is 0 Å². The van der Waals surface area contributed by atoms with Crippen molar-refractivity contribution < 1.29 is 0 Å². The Morgan fingerprint density at radius 3 is 2.69 bits per heavy atom. The third-order valence-corrected chi connectivity index (χ3v) is 2.21. The van der Waals surface area contributed by atoms with E-state index in [1.54, 1.807) is 0 Å². The quantitative estimate of drug-likeness (QED) is 0.645. The van der Waals surface area contributed by atoms with Crippen LogP contribution >= 0.6 is 0 Å². The summed E-state index contributed by atoms with van der Waals surface area (Å²) in [4.78, 5) is 6.18. The van der Waals surface area contributed by atoms with Crippen molar-refractivity contribution in [3.63, 3.8) is 0 Å². The highest BCUT2D eigenvalue weighted by Crippen LogP contribution is 2.22. The Morgan fingerprint density at radius 2 is 2.00 bits per heavy atom. The van der Waals surface area contributed by atoms with Crippen molar-refractivity contribution in [1.82, 2.24) is 9.88 Å². The average Bonchev–Trinajstić information content (AvgIpc) is 2.20. The summed E-state index contributed by atoms with van der Waals surface area (Å²) in [7, 11) is 2.07.